The summed E-state index contributed by atoms with van der Waals surface area (Å²) >= 11 is 0. The van der Waals surface area contributed by atoms with Crippen LogP contribution in [0, 0.1) is 11.6 Å². The van der Waals surface area contributed by atoms with Gasteiger partial charge in [-0.3, -0.25) is 0 Å². The van der Waals surface area contributed by atoms with Crippen molar-refractivity contribution < 1.29 is 8.78 Å². The largest absolute Gasteiger partial charge is 0.337 e. The molecular weight excluding hydrogens is 224 g/mol. The monoisotopic (exact) mass is 237 g/mol. The summed E-state index contributed by atoms with van der Waals surface area (Å²) in [6.07, 6.45) is 3.50. The molecule has 0 spiro atoms. The zero-order valence-corrected chi connectivity index (χ0v) is 9.45. The van der Waals surface area contributed by atoms with Gasteiger partial charge in [0.15, 0.2) is 0 Å². The molecule has 0 saturated heterocycles. The van der Waals surface area contributed by atoms with Gasteiger partial charge in [-0.15, -0.1) is 0 Å². The van der Waals surface area contributed by atoms with Crippen LogP contribution in [0.5, 0.6) is 0 Å². The van der Waals surface area contributed by atoms with Gasteiger partial charge in [-0.2, -0.15) is 0 Å². The van der Waals surface area contributed by atoms with Gasteiger partial charge in [-0.05, 0) is 12.1 Å². The normalized spacial score (nSPS) is 10.8. The van der Waals surface area contributed by atoms with E-state index >= 15 is 0 Å². The molecule has 1 aromatic carbocycles. The minimum absolute atomic E-state index is 0.0571. The summed E-state index contributed by atoms with van der Waals surface area (Å²) in [5.74, 6) is -0.239. The smallest absolute Gasteiger partial charge is 0.130 e. The van der Waals surface area contributed by atoms with Crippen LogP contribution in [0.2, 0.25) is 0 Å². The van der Waals surface area contributed by atoms with Gasteiger partial charge in [0.1, 0.15) is 17.5 Å². The van der Waals surface area contributed by atoms with Crippen LogP contribution in [0.3, 0.4) is 0 Å². The molecule has 0 aliphatic carbocycles. The van der Waals surface area contributed by atoms with Gasteiger partial charge in [0.05, 0.1) is 6.54 Å². The Labute approximate surface area is 98.1 Å². The Balaban J connectivity index is 1.97. The molecule has 1 heterocycles. The lowest BCUT2D eigenvalue weighted by Gasteiger charge is -2.07. The maximum Gasteiger partial charge on any atom is 0.130 e. The van der Waals surface area contributed by atoms with E-state index in [-0.39, 0.29) is 12.1 Å². The molecule has 0 unspecified atom stereocenters. The number of imidazole rings is 1. The Hall–Kier alpha value is -1.75. The SMILES string of the molecule is Cn1ccnc1CNCc1c(F)cccc1F. The molecule has 2 aromatic rings. The van der Waals surface area contributed by atoms with Crippen molar-refractivity contribution in [3.63, 3.8) is 0 Å². The van der Waals surface area contributed by atoms with Gasteiger partial charge in [0, 0.05) is 31.5 Å². The molecule has 0 saturated carbocycles. The van der Waals surface area contributed by atoms with Crippen molar-refractivity contribution in [1.82, 2.24) is 14.9 Å². The van der Waals surface area contributed by atoms with E-state index in [9.17, 15) is 8.78 Å². The summed E-state index contributed by atoms with van der Waals surface area (Å²) in [6.45, 7) is 0.614. The Morgan fingerprint density at radius 3 is 2.53 bits per heavy atom. The molecule has 0 atom stereocenters. The van der Waals surface area contributed by atoms with Crippen molar-refractivity contribution in [2.75, 3.05) is 0 Å². The fraction of sp³-hybridized carbons (Fsp3) is 0.250. The highest BCUT2D eigenvalue weighted by molar-refractivity contribution is 5.19. The van der Waals surface area contributed by atoms with Crippen LogP contribution < -0.4 is 5.32 Å². The number of aromatic nitrogens is 2. The molecule has 0 aliphatic rings. The average Bonchev–Trinajstić information content (AvgIpc) is 2.69. The van der Waals surface area contributed by atoms with Crippen LogP contribution >= 0.6 is 0 Å². The third-order valence-electron chi connectivity index (χ3n) is 2.57. The summed E-state index contributed by atoms with van der Waals surface area (Å²) in [5.41, 5.74) is 0.0571. The first-order chi connectivity index (χ1) is 8.18. The van der Waals surface area contributed by atoms with E-state index in [1.807, 2.05) is 17.8 Å². The number of rotatable bonds is 4. The Morgan fingerprint density at radius 2 is 1.94 bits per heavy atom. The lowest BCUT2D eigenvalue weighted by molar-refractivity contribution is 0.530. The minimum Gasteiger partial charge on any atom is -0.337 e. The van der Waals surface area contributed by atoms with Gasteiger partial charge in [0.2, 0.25) is 0 Å². The zero-order chi connectivity index (χ0) is 12.3. The van der Waals surface area contributed by atoms with E-state index in [2.05, 4.69) is 10.3 Å². The number of nitrogens with one attached hydrogen (secondary N) is 1. The highest BCUT2D eigenvalue weighted by atomic mass is 19.1. The molecule has 0 aliphatic heterocycles. The van der Waals surface area contributed by atoms with Crippen molar-refractivity contribution >= 4 is 0 Å². The van der Waals surface area contributed by atoms with Gasteiger partial charge in [-0.25, -0.2) is 13.8 Å². The third kappa shape index (κ3) is 2.68. The highest BCUT2D eigenvalue weighted by Gasteiger charge is 2.07. The van der Waals surface area contributed by atoms with E-state index < -0.39 is 11.6 Å². The van der Waals surface area contributed by atoms with Crippen molar-refractivity contribution in [1.29, 1.82) is 0 Å². The Kier molecular flexibility index (Phi) is 3.49. The maximum atomic E-state index is 13.3. The van der Waals surface area contributed by atoms with Crippen molar-refractivity contribution in [3.8, 4) is 0 Å². The molecule has 0 amide bonds. The molecule has 0 fully saturated rings. The minimum atomic E-state index is -0.530. The molecule has 0 bridgehead atoms. The number of nitrogens with zero attached hydrogens (tertiary/aromatic N) is 2. The molecule has 1 aromatic heterocycles. The number of hydrogen-bond acceptors (Lipinski definition) is 2. The zero-order valence-electron chi connectivity index (χ0n) is 9.45. The predicted octanol–water partition coefficient (Wildman–Crippen LogP) is 1.99. The molecule has 90 valence electrons. The predicted molar refractivity (Wildman–Crippen MR) is 60.1 cm³/mol. The highest BCUT2D eigenvalue weighted by Crippen LogP contribution is 2.11. The molecule has 5 heteroatoms. The summed E-state index contributed by atoms with van der Waals surface area (Å²) in [4.78, 5) is 4.10. The van der Waals surface area contributed by atoms with Crippen LogP contribution in [0.1, 0.15) is 11.4 Å². The van der Waals surface area contributed by atoms with Crippen LogP contribution in [0.15, 0.2) is 30.6 Å². The standard InChI is InChI=1S/C12H13F2N3/c1-17-6-5-16-12(17)8-15-7-9-10(13)3-2-4-11(9)14/h2-6,15H,7-8H2,1H3. The fourth-order valence-electron chi connectivity index (χ4n) is 1.57. The van der Waals surface area contributed by atoms with Gasteiger partial charge >= 0.3 is 0 Å². The Morgan fingerprint density at radius 1 is 1.24 bits per heavy atom. The van der Waals surface area contributed by atoms with E-state index in [1.54, 1.807) is 6.20 Å². The first-order valence-corrected chi connectivity index (χ1v) is 5.28. The quantitative estimate of drug-likeness (QED) is 0.881. The van der Waals surface area contributed by atoms with Gasteiger partial charge < -0.3 is 9.88 Å². The van der Waals surface area contributed by atoms with Crippen LogP contribution in [-0.2, 0) is 20.1 Å². The molecule has 17 heavy (non-hydrogen) atoms. The molecular formula is C12H13F2N3. The molecule has 3 nitrogen and oxygen atoms in total. The molecule has 1 N–H and O–H groups in total. The number of halogens is 2. The van der Waals surface area contributed by atoms with E-state index in [4.69, 9.17) is 0 Å². The first kappa shape index (κ1) is 11.7. The second-order valence-electron chi connectivity index (χ2n) is 3.76. The summed E-state index contributed by atoms with van der Waals surface area (Å²) in [5, 5.41) is 2.96. The summed E-state index contributed by atoms with van der Waals surface area (Å²) in [6, 6.07) is 3.86. The second kappa shape index (κ2) is 5.05. The van der Waals surface area contributed by atoms with Gasteiger partial charge in [-0.1, -0.05) is 6.07 Å². The fourth-order valence-corrected chi connectivity index (χ4v) is 1.57. The molecule has 0 radical (unpaired) electrons. The van der Waals surface area contributed by atoms with Crippen LogP contribution in [-0.4, -0.2) is 9.55 Å². The van der Waals surface area contributed by atoms with Crippen LogP contribution in [0.4, 0.5) is 8.78 Å². The van der Waals surface area contributed by atoms with E-state index in [1.165, 1.54) is 18.2 Å². The Bertz CT molecular complexity index is 488. The number of aryl methyl sites for hydroxylation is 1. The number of hydrogen-bond donors (Lipinski definition) is 1. The average molecular weight is 237 g/mol. The van der Waals surface area contributed by atoms with Crippen molar-refractivity contribution in [3.05, 3.63) is 53.6 Å². The van der Waals surface area contributed by atoms with Crippen molar-refractivity contribution in [2.45, 2.75) is 13.1 Å². The summed E-state index contributed by atoms with van der Waals surface area (Å²) < 4.78 is 28.4. The first-order valence-electron chi connectivity index (χ1n) is 5.28. The topological polar surface area (TPSA) is 29.9 Å². The third-order valence-corrected chi connectivity index (χ3v) is 2.57. The summed E-state index contributed by atoms with van der Waals surface area (Å²) in [7, 11) is 1.87. The second-order valence-corrected chi connectivity index (χ2v) is 3.76. The van der Waals surface area contributed by atoms with E-state index in [0.29, 0.717) is 6.54 Å². The lowest BCUT2D eigenvalue weighted by Crippen LogP contribution is -2.17. The van der Waals surface area contributed by atoms with Gasteiger partial charge in [0.25, 0.3) is 0 Å². The molecule has 2 rings (SSSR count). The van der Waals surface area contributed by atoms with E-state index in [0.717, 1.165) is 5.82 Å². The lowest BCUT2D eigenvalue weighted by atomic mass is 10.2. The van der Waals surface area contributed by atoms with Crippen LogP contribution in [0.25, 0.3) is 0 Å². The number of benzene rings is 1. The van der Waals surface area contributed by atoms with Crippen molar-refractivity contribution in [2.24, 2.45) is 7.05 Å². The maximum absolute atomic E-state index is 13.3.